The fraction of sp³-hybridized carbons (Fsp3) is 0.429. The second kappa shape index (κ2) is 5.53. The molecule has 0 radical (unpaired) electrons. The highest BCUT2D eigenvalue weighted by Gasteiger charge is 2.23. The summed E-state index contributed by atoms with van der Waals surface area (Å²) in [6.07, 6.45) is 3.09. The van der Waals surface area contributed by atoms with Gasteiger partial charge in [0.25, 0.3) is 0 Å². The first-order valence-corrected chi connectivity index (χ1v) is 6.85. The second-order valence-electron chi connectivity index (χ2n) is 4.65. The molecule has 1 aliphatic carbocycles. The van der Waals surface area contributed by atoms with Crippen LogP contribution in [0.25, 0.3) is 0 Å². The zero-order chi connectivity index (χ0) is 13.1. The molecule has 18 heavy (non-hydrogen) atoms. The van der Waals surface area contributed by atoms with E-state index in [-0.39, 0.29) is 0 Å². The Morgan fingerprint density at radius 2 is 2.06 bits per heavy atom. The minimum absolute atomic E-state index is 0.357. The topological polar surface area (TPSA) is 44.1 Å². The van der Waals surface area contributed by atoms with E-state index in [1.165, 1.54) is 0 Å². The molecule has 1 aromatic carbocycles. The van der Waals surface area contributed by atoms with Gasteiger partial charge in [0.2, 0.25) is 0 Å². The Bertz CT molecular complexity index is 497. The van der Waals surface area contributed by atoms with Gasteiger partial charge in [0.05, 0.1) is 11.3 Å². The minimum Gasteiger partial charge on any atom is -0.371 e. The molecule has 1 saturated carbocycles. The Hall–Kier alpha value is -1.34. The van der Waals surface area contributed by atoms with Crippen LogP contribution in [0.5, 0.6) is 0 Å². The van der Waals surface area contributed by atoms with Gasteiger partial charge in [-0.15, -0.1) is 0 Å². The Labute approximate surface area is 116 Å². The van der Waals surface area contributed by atoms with Gasteiger partial charge in [-0.2, -0.15) is 5.26 Å². The highest BCUT2D eigenvalue weighted by molar-refractivity contribution is 9.10. The van der Waals surface area contributed by atoms with E-state index < -0.39 is 0 Å². The Morgan fingerprint density at radius 3 is 2.67 bits per heavy atom. The Balaban J connectivity index is 2.21. The maximum atomic E-state index is 11.3. The highest BCUT2D eigenvalue weighted by atomic mass is 79.9. The van der Waals surface area contributed by atoms with Crippen LogP contribution in [-0.4, -0.2) is 18.9 Å². The third-order valence-corrected chi connectivity index (χ3v) is 4.01. The lowest BCUT2D eigenvalue weighted by Gasteiger charge is -2.33. The van der Waals surface area contributed by atoms with Gasteiger partial charge in [0.1, 0.15) is 11.9 Å². The van der Waals surface area contributed by atoms with Crippen LogP contribution in [0.3, 0.4) is 0 Å². The quantitative estimate of drug-likeness (QED) is 0.842. The van der Waals surface area contributed by atoms with Crippen LogP contribution in [0.1, 0.15) is 31.2 Å². The monoisotopic (exact) mass is 306 g/mol. The molecular weight excluding hydrogens is 292 g/mol. The number of anilines is 1. The molecule has 0 saturated heterocycles. The summed E-state index contributed by atoms with van der Waals surface area (Å²) in [6, 6.07) is 8.32. The standard InChI is InChI=1S/C14H15BrN2O/c1-17(12-3-5-13(18)6-4-12)14-7-2-11(15)8-10(14)9-16/h2,7-8,12H,3-6H2,1H3. The molecule has 0 atom stereocenters. The third kappa shape index (κ3) is 2.73. The molecule has 0 unspecified atom stereocenters. The smallest absolute Gasteiger partial charge is 0.133 e. The van der Waals surface area contributed by atoms with Crippen molar-refractivity contribution in [2.45, 2.75) is 31.7 Å². The van der Waals surface area contributed by atoms with Crippen LogP contribution >= 0.6 is 15.9 Å². The average Bonchev–Trinajstić information content (AvgIpc) is 2.38. The van der Waals surface area contributed by atoms with Crippen LogP contribution in [0, 0.1) is 11.3 Å². The van der Waals surface area contributed by atoms with E-state index in [1.54, 1.807) is 0 Å². The number of hydrogen-bond acceptors (Lipinski definition) is 3. The van der Waals surface area contributed by atoms with E-state index in [9.17, 15) is 10.1 Å². The summed E-state index contributed by atoms with van der Waals surface area (Å²) in [6.45, 7) is 0. The Morgan fingerprint density at radius 1 is 1.39 bits per heavy atom. The molecule has 0 bridgehead atoms. The molecule has 94 valence electrons. The molecule has 0 amide bonds. The molecule has 0 spiro atoms. The molecule has 0 heterocycles. The number of benzene rings is 1. The van der Waals surface area contributed by atoms with Gasteiger partial charge < -0.3 is 4.90 Å². The molecular formula is C14H15BrN2O. The number of hydrogen-bond donors (Lipinski definition) is 0. The van der Waals surface area contributed by atoms with Crippen molar-refractivity contribution < 1.29 is 4.79 Å². The lowest BCUT2D eigenvalue weighted by atomic mass is 9.93. The number of nitriles is 1. The van der Waals surface area contributed by atoms with Gasteiger partial charge >= 0.3 is 0 Å². The zero-order valence-electron chi connectivity index (χ0n) is 10.3. The van der Waals surface area contributed by atoms with Gasteiger partial charge in [-0.25, -0.2) is 0 Å². The zero-order valence-corrected chi connectivity index (χ0v) is 11.9. The van der Waals surface area contributed by atoms with E-state index in [0.717, 1.165) is 23.0 Å². The summed E-state index contributed by atoms with van der Waals surface area (Å²) in [5.74, 6) is 0.357. The fourth-order valence-electron chi connectivity index (χ4n) is 2.41. The number of halogens is 1. The van der Waals surface area contributed by atoms with Gasteiger partial charge in [-0.05, 0) is 31.0 Å². The molecule has 4 heteroatoms. The predicted molar refractivity (Wildman–Crippen MR) is 74.5 cm³/mol. The first kappa shape index (κ1) is 13.1. The van der Waals surface area contributed by atoms with Gasteiger partial charge in [-0.3, -0.25) is 4.79 Å². The molecule has 2 rings (SSSR count). The van der Waals surface area contributed by atoms with E-state index in [4.69, 9.17) is 0 Å². The molecule has 1 aromatic rings. The number of carbonyl (C=O) groups excluding carboxylic acids is 1. The average molecular weight is 307 g/mol. The lowest BCUT2D eigenvalue weighted by molar-refractivity contribution is -0.120. The van der Waals surface area contributed by atoms with Gasteiger partial charge in [0, 0.05) is 30.4 Å². The lowest BCUT2D eigenvalue weighted by Crippen LogP contribution is -2.35. The first-order valence-electron chi connectivity index (χ1n) is 6.06. The van der Waals surface area contributed by atoms with Crippen LogP contribution in [0.2, 0.25) is 0 Å². The third-order valence-electron chi connectivity index (χ3n) is 3.52. The van der Waals surface area contributed by atoms with Crippen LogP contribution in [0.15, 0.2) is 22.7 Å². The summed E-state index contributed by atoms with van der Waals surface area (Å²) in [5, 5.41) is 9.18. The van der Waals surface area contributed by atoms with Crippen molar-refractivity contribution in [3.8, 4) is 6.07 Å². The van der Waals surface area contributed by atoms with Crippen LogP contribution in [0.4, 0.5) is 5.69 Å². The van der Waals surface area contributed by atoms with E-state index in [2.05, 4.69) is 26.9 Å². The molecule has 0 N–H and O–H groups in total. The summed E-state index contributed by atoms with van der Waals surface area (Å²) >= 11 is 3.38. The van der Waals surface area contributed by atoms with Gasteiger partial charge in [-0.1, -0.05) is 15.9 Å². The summed E-state index contributed by atoms with van der Waals surface area (Å²) < 4.78 is 0.912. The van der Waals surface area contributed by atoms with E-state index >= 15 is 0 Å². The van der Waals surface area contributed by atoms with E-state index in [1.807, 2.05) is 25.2 Å². The normalized spacial score (nSPS) is 16.4. The van der Waals surface area contributed by atoms with E-state index in [0.29, 0.717) is 30.2 Å². The maximum Gasteiger partial charge on any atom is 0.133 e. The van der Waals surface area contributed by atoms with Crippen molar-refractivity contribution in [2.24, 2.45) is 0 Å². The minimum atomic E-state index is 0.357. The SMILES string of the molecule is CN(c1ccc(Br)cc1C#N)C1CCC(=O)CC1. The van der Waals surface area contributed by atoms with Crippen molar-refractivity contribution in [1.82, 2.24) is 0 Å². The van der Waals surface area contributed by atoms with Crippen LogP contribution < -0.4 is 4.90 Å². The highest BCUT2D eigenvalue weighted by Crippen LogP contribution is 2.28. The molecule has 1 aliphatic rings. The van der Waals surface area contributed by atoms with Crippen molar-refractivity contribution in [2.75, 3.05) is 11.9 Å². The second-order valence-corrected chi connectivity index (χ2v) is 5.57. The van der Waals surface area contributed by atoms with Crippen molar-refractivity contribution in [3.05, 3.63) is 28.2 Å². The molecule has 1 fully saturated rings. The summed E-state index contributed by atoms with van der Waals surface area (Å²) in [7, 11) is 2.00. The maximum absolute atomic E-state index is 11.3. The Kier molecular flexibility index (Phi) is 4.03. The fourth-order valence-corrected chi connectivity index (χ4v) is 2.77. The van der Waals surface area contributed by atoms with Crippen molar-refractivity contribution in [1.29, 1.82) is 5.26 Å². The number of rotatable bonds is 2. The predicted octanol–water partition coefficient (Wildman–Crippen LogP) is 3.27. The molecule has 0 aliphatic heterocycles. The van der Waals surface area contributed by atoms with Crippen LogP contribution in [-0.2, 0) is 4.79 Å². The summed E-state index contributed by atoms with van der Waals surface area (Å²) in [5.41, 5.74) is 1.61. The number of Topliss-reactive ketones (excluding diaryl/α,β-unsaturated/α-hetero) is 1. The number of carbonyl (C=O) groups is 1. The largest absolute Gasteiger partial charge is 0.371 e. The van der Waals surface area contributed by atoms with Gasteiger partial charge in [0.15, 0.2) is 0 Å². The molecule has 3 nitrogen and oxygen atoms in total. The molecule has 0 aromatic heterocycles. The van der Waals surface area contributed by atoms with Crippen molar-refractivity contribution in [3.63, 3.8) is 0 Å². The number of nitrogens with zero attached hydrogens (tertiary/aromatic N) is 2. The summed E-state index contributed by atoms with van der Waals surface area (Å²) in [4.78, 5) is 13.4. The van der Waals surface area contributed by atoms with Crippen molar-refractivity contribution >= 4 is 27.4 Å². The number of ketones is 1. The first-order chi connectivity index (χ1) is 8.61.